The third-order valence-electron chi connectivity index (χ3n) is 3.34. The summed E-state index contributed by atoms with van der Waals surface area (Å²) in [6.07, 6.45) is 0.831. The van der Waals surface area contributed by atoms with Gasteiger partial charge in [0.15, 0.2) is 0 Å². The molecule has 0 aliphatic rings. The lowest BCUT2D eigenvalue weighted by Gasteiger charge is -2.19. The van der Waals surface area contributed by atoms with E-state index in [1.807, 2.05) is 18.2 Å². The highest BCUT2D eigenvalue weighted by Gasteiger charge is 2.10. The number of hydrogen-bond donors (Lipinski definition) is 2. The first-order valence-electron chi connectivity index (χ1n) is 7.42. The van der Waals surface area contributed by atoms with E-state index in [-0.39, 0.29) is 12.1 Å². The Morgan fingerprint density at radius 1 is 1.43 bits per heavy atom. The lowest BCUT2D eigenvalue weighted by Crippen LogP contribution is -2.32. The Hall–Kier alpha value is -1.59. The van der Waals surface area contributed by atoms with Gasteiger partial charge in [0, 0.05) is 39.0 Å². The standard InChI is InChI=1S/C16H27N3O2/c1-5-17-13(2)14-8-6-9-15(12-14)18-16(20)19(3)10-7-11-21-4/h6,8-9,12-13,17H,5,7,10-11H2,1-4H3,(H,18,20). The van der Waals surface area contributed by atoms with Gasteiger partial charge in [-0.05, 0) is 37.6 Å². The molecule has 2 N–H and O–H groups in total. The number of rotatable bonds is 8. The van der Waals surface area contributed by atoms with Crippen LogP contribution in [0, 0.1) is 0 Å². The Kier molecular flexibility index (Phi) is 7.79. The van der Waals surface area contributed by atoms with E-state index in [2.05, 4.69) is 30.5 Å². The monoisotopic (exact) mass is 293 g/mol. The molecule has 0 heterocycles. The molecule has 5 nitrogen and oxygen atoms in total. The fourth-order valence-electron chi connectivity index (χ4n) is 2.08. The maximum absolute atomic E-state index is 12.1. The summed E-state index contributed by atoms with van der Waals surface area (Å²) < 4.78 is 4.99. The number of anilines is 1. The van der Waals surface area contributed by atoms with Crippen LogP contribution in [0.4, 0.5) is 10.5 Å². The molecule has 5 heteroatoms. The average molecular weight is 293 g/mol. The molecule has 0 spiro atoms. The van der Waals surface area contributed by atoms with Gasteiger partial charge in [-0.1, -0.05) is 19.1 Å². The van der Waals surface area contributed by atoms with Crippen molar-refractivity contribution in [1.29, 1.82) is 0 Å². The summed E-state index contributed by atoms with van der Waals surface area (Å²) in [7, 11) is 3.45. The first kappa shape index (κ1) is 17.5. The molecule has 0 fully saturated rings. The average Bonchev–Trinajstić information content (AvgIpc) is 2.48. The van der Waals surface area contributed by atoms with Crippen LogP contribution in [0.5, 0.6) is 0 Å². The van der Waals surface area contributed by atoms with E-state index in [4.69, 9.17) is 4.74 Å². The van der Waals surface area contributed by atoms with E-state index in [0.29, 0.717) is 13.2 Å². The molecule has 1 rings (SSSR count). The van der Waals surface area contributed by atoms with Crippen molar-refractivity contribution in [1.82, 2.24) is 10.2 Å². The smallest absolute Gasteiger partial charge is 0.321 e. The molecule has 1 aromatic carbocycles. The van der Waals surface area contributed by atoms with Crippen molar-refractivity contribution in [2.24, 2.45) is 0 Å². The maximum Gasteiger partial charge on any atom is 0.321 e. The number of carbonyl (C=O) groups excluding carboxylic acids is 1. The lowest BCUT2D eigenvalue weighted by atomic mass is 10.1. The van der Waals surface area contributed by atoms with Gasteiger partial charge < -0.3 is 20.3 Å². The van der Waals surface area contributed by atoms with Gasteiger partial charge in [0.2, 0.25) is 0 Å². The van der Waals surface area contributed by atoms with Gasteiger partial charge >= 0.3 is 6.03 Å². The van der Waals surface area contributed by atoms with Gasteiger partial charge in [-0.2, -0.15) is 0 Å². The lowest BCUT2D eigenvalue weighted by molar-refractivity contribution is 0.179. The molecule has 0 saturated heterocycles. The van der Waals surface area contributed by atoms with Crippen LogP contribution in [-0.2, 0) is 4.74 Å². The molecular formula is C16H27N3O2. The maximum atomic E-state index is 12.1. The topological polar surface area (TPSA) is 53.6 Å². The summed E-state index contributed by atoms with van der Waals surface area (Å²) in [5.41, 5.74) is 1.98. The fraction of sp³-hybridized carbons (Fsp3) is 0.562. The summed E-state index contributed by atoms with van der Waals surface area (Å²) in [6.45, 7) is 6.44. The van der Waals surface area contributed by atoms with E-state index >= 15 is 0 Å². The van der Waals surface area contributed by atoms with Crippen LogP contribution in [-0.4, -0.2) is 44.8 Å². The molecule has 0 aromatic heterocycles. The second kappa shape index (κ2) is 9.37. The highest BCUT2D eigenvalue weighted by molar-refractivity contribution is 5.89. The van der Waals surface area contributed by atoms with Gasteiger partial charge in [0.1, 0.15) is 0 Å². The third-order valence-corrected chi connectivity index (χ3v) is 3.34. The number of urea groups is 1. The first-order chi connectivity index (χ1) is 10.1. The Balaban J connectivity index is 2.57. The SMILES string of the molecule is CCNC(C)c1cccc(NC(=O)N(C)CCCOC)c1. The van der Waals surface area contributed by atoms with Gasteiger partial charge in [-0.15, -0.1) is 0 Å². The van der Waals surface area contributed by atoms with Crippen molar-refractivity contribution in [3.05, 3.63) is 29.8 Å². The largest absolute Gasteiger partial charge is 0.385 e. The zero-order valence-corrected chi connectivity index (χ0v) is 13.5. The van der Waals surface area contributed by atoms with E-state index < -0.39 is 0 Å². The summed E-state index contributed by atoms with van der Waals surface area (Å²) in [5.74, 6) is 0. The van der Waals surface area contributed by atoms with Crippen molar-refractivity contribution < 1.29 is 9.53 Å². The number of ether oxygens (including phenoxy) is 1. The third kappa shape index (κ3) is 6.14. The second-order valence-corrected chi connectivity index (χ2v) is 5.10. The molecule has 118 valence electrons. The van der Waals surface area contributed by atoms with Crippen LogP contribution in [0.25, 0.3) is 0 Å². The normalized spacial score (nSPS) is 12.0. The Labute approximate surface area is 127 Å². The van der Waals surface area contributed by atoms with Crippen LogP contribution in [0.1, 0.15) is 31.9 Å². The molecule has 0 radical (unpaired) electrons. The summed E-state index contributed by atoms with van der Waals surface area (Å²) in [6, 6.07) is 8.11. The molecule has 0 aliphatic heterocycles. The van der Waals surface area contributed by atoms with Crippen molar-refractivity contribution in [2.45, 2.75) is 26.3 Å². The van der Waals surface area contributed by atoms with Crippen molar-refractivity contribution in [3.63, 3.8) is 0 Å². The van der Waals surface area contributed by atoms with Crippen LogP contribution < -0.4 is 10.6 Å². The second-order valence-electron chi connectivity index (χ2n) is 5.10. The molecule has 1 aromatic rings. The number of methoxy groups -OCH3 is 1. The first-order valence-corrected chi connectivity index (χ1v) is 7.42. The number of benzene rings is 1. The van der Waals surface area contributed by atoms with Crippen LogP contribution in [0.2, 0.25) is 0 Å². The Morgan fingerprint density at radius 2 is 2.19 bits per heavy atom. The Morgan fingerprint density at radius 3 is 2.86 bits per heavy atom. The minimum Gasteiger partial charge on any atom is -0.385 e. The number of carbonyl (C=O) groups is 1. The van der Waals surface area contributed by atoms with E-state index in [0.717, 1.165) is 24.2 Å². The van der Waals surface area contributed by atoms with Gasteiger partial charge in [0.05, 0.1) is 0 Å². The highest BCUT2D eigenvalue weighted by atomic mass is 16.5. The van der Waals surface area contributed by atoms with Crippen molar-refractivity contribution in [3.8, 4) is 0 Å². The van der Waals surface area contributed by atoms with E-state index in [1.54, 1.807) is 19.1 Å². The van der Waals surface area contributed by atoms with Gasteiger partial charge in [-0.3, -0.25) is 0 Å². The van der Waals surface area contributed by atoms with E-state index in [9.17, 15) is 4.79 Å². The number of nitrogens with one attached hydrogen (secondary N) is 2. The predicted octanol–water partition coefficient (Wildman–Crippen LogP) is 2.86. The molecule has 1 unspecified atom stereocenters. The van der Waals surface area contributed by atoms with Crippen LogP contribution >= 0.6 is 0 Å². The number of hydrogen-bond acceptors (Lipinski definition) is 3. The predicted molar refractivity (Wildman–Crippen MR) is 86.7 cm³/mol. The summed E-state index contributed by atoms with van der Waals surface area (Å²) in [5, 5.41) is 6.29. The molecule has 21 heavy (non-hydrogen) atoms. The zero-order valence-electron chi connectivity index (χ0n) is 13.5. The number of amides is 2. The Bertz CT molecular complexity index is 437. The molecule has 2 amide bonds. The molecule has 0 aliphatic carbocycles. The number of nitrogens with zero attached hydrogens (tertiary/aromatic N) is 1. The van der Waals surface area contributed by atoms with Gasteiger partial charge in [0.25, 0.3) is 0 Å². The minimum atomic E-state index is -0.0978. The van der Waals surface area contributed by atoms with Crippen LogP contribution in [0.3, 0.4) is 0 Å². The fourth-order valence-corrected chi connectivity index (χ4v) is 2.08. The summed E-state index contributed by atoms with van der Waals surface area (Å²) in [4.78, 5) is 13.7. The van der Waals surface area contributed by atoms with Crippen molar-refractivity contribution >= 4 is 11.7 Å². The zero-order chi connectivity index (χ0) is 15.7. The quantitative estimate of drug-likeness (QED) is 0.725. The molecule has 0 bridgehead atoms. The van der Waals surface area contributed by atoms with Crippen molar-refractivity contribution in [2.75, 3.05) is 39.2 Å². The molecule has 1 atom stereocenters. The van der Waals surface area contributed by atoms with Crippen LogP contribution in [0.15, 0.2) is 24.3 Å². The minimum absolute atomic E-state index is 0.0978. The molecular weight excluding hydrogens is 266 g/mol. The van der Waals surface area contributed by atoms with E-state index in [1.165, 1.54) is 0 Å². The summed E-state index contributed by atoms with van der Waals surface area (Å²) >= 11 is 0. The van der Waals surface area contributed by atoms with Gasteiger partial charge in [-0.25, -0.2) is 4.79 Å². The highest BCUT2D eigenvalue weighted by Crippen LogP contribution is 2.17. The molecule has 0 saturated carbocycles.